The minimum Gasteiger partial charge on any atom is -0.355 e. The Morgan fingerprint density at radius 3 is 2.67 bits per heavy atom. The Labute approximate surface area is 106 Å². The lowest BCUT2D eigenvalue weighted by atomic mass is 9.74. The average Bonchev–Trinajstić information content (AvgIpc) is 2.90. The largest absolute Gasteiger partial charge is 0.355 e. The zero-order valence-corrected chi connectivity index (χ0v) is 10.5. The quantitative estimate of drug-likeness (QED) is 0.647. The maximum atomic E-state index is 9.00. The first-order valence-corrected chi connectivity index (χ1v) is 6.40. The molecule has 0 amide bonds. The van der Waals surface area contributed by atoms with Gasteiger partial charge in [0, 0.05) is 18.1 Å². The summed E-state index contributed by atoms with van der Waals surface area (Å²) in [6.45, 7) is 0. The van der Waals surface area contributed by atoms with E-state index < -0.39 is 6.29 Å². The molecule has 3 rings (SSSR count). The molecule has 1 aromatic rings. The van der Waals surface area contributed by atoms with Gasteiger partial charge in [0.1, 0.15) is 0 Å². The second-order valence-electron chi connectivity index (χ2n) is 5.09. The van der Waals surface area contributed by atoms with E-state index in [1.54, 1.807) is 7.11 Å². The molecule has 1 spiro atoms. The van der Waals surface area contributed by atoms with Crippen molar-refractivity contribution in [2.24, 2.45) is 0 Å². The fraction of sp³-hybridized carbons (Fsp3) is 0.571. The number of hydrogen-bond donors (Lipinski definition) is 1. The molecule has 1 fully saturated rings. The number of fused-ring (bicyclic) bond motifs is 2. The molecule has 2 atom stereocenters. The van der Waals surface area contributed by atoms with Gasteiger partial charge in [-0.15, -0.1) is 0 Å². The molecule has 1 aliphatic carbocycles. The third kappa shape index (κ3) is 1.61. The minimum atomic E-state index is -0.752. The van der Waals surface area contributed by atoms with Crippen molar-refractivity contribution in [1.82, 2.24) is 0 Å². The van der Waals surface area contributed by atoms with E-state index in [9.17, 15) is 0 Å². The van der Waals surface area contributed by atoms with Crippen LogP contribution in [-0.2, 0) is 19.8 Å². The maximum absolute atomic E-state index is 9.00. The van der Waals surface area contributed by atoms with Crippen LogP contribution in [0.4, 0.5) is 0 Å². The fourth-order valence-corrected chi connectivity index (χ4v) is 3.47. The molecule has 1 heterocycles. The first-order valence-electron chi connectivity index (χ1n) is 6.40. The van der Waals surface area contributed by atoms with Crippen LogP contribution in [0.5, 0.6) is 0 Å². The molecule has 4 nitrogen and oxygen atoms in total. The lowest BCUT2D eigenvalue weighted by Gasteiger charge is -2.43. The predicted octanol–water partition coefficient (Wildman–Crippen LogP) is 2.99. The van der Waals surface area contributed by atoms with Gasteiger partial charge in [0.15, 0.2) is 6.29 Å². The Morgan fingerprint density at radius 2 is 2.00 bits per heavy atom. The summed E-state index contributed by atoms with van der Waals surface area (Å²) >= 11 is 0. The highest BCUT2D eigenvalue weighted by atomic mass is 17.1. The first kappa shape index (κ1) is 12.1. The summed E-state index contributed by atoms with van der Waals surface area (Å²) in [6.07, 6.45) is 3.37. The van der Waals surface area contributed by atoms with Gasteiger partial charge in [0.2, 0.25) is 6.29 Å². The summed E-state index contributed by atoms with van der Waals surface area (Å²) in [4.78, 5) is 4.45. The standard InChI is InChI=1S/C14H18O4/c1-16-13-14(8-4-5-9-14)11-7-3-2-6-10(11)12(17-13)18-15/h2-3,6-7,12-13,15H,4-5,8-9H2,1H3. The lowest BCUT2D eigenvalue weighted by molar-refractivity contribution is -0.390. The SMILES string of the molecule is COC1OC(OO)c2ccccc2C12CCCC2. The van der Waals surface area contributed by atoms with Crippen molar-refractivity contribution in [3.8, 4) is 0 Å². The van der Waals surface area contributed by atoms with E-state index in [0.717, 1.165) is 18.4 Å². The third-order valence-corrected chi connectivity index (χ3v) is 4.26. The van der Waals surface area contributed by atoms with Crippen LogP contribution in [0.3, 0.4) is 0 Å². The van der Waals surface area contributed by atoms with Gasteiger partial charge in [-0.3, -0.25) is 0 Å². The lowest BCUT2D eigenvalue weighted by Crippen LogP contribution is -2.46. The highest BCUT2D eigenvalue weighted by molar-refractivity contribution is 5.38. The van der Waals surface area contributed by atoms with Crippen LogP contribution in [0.15, 0.2) is 24.3 Å². The van der Waals surface area contributed by atoms with E-state index in [0.29, 0.717) is 0 Å². The number of ether oxygens (including phenoxy) is 2. The van der Waals surface area contributed by atoms with Crippen LogP contribution >= 0.6 is 0 Å². The summed E-state index contributed by atoms with van der Waals surface area (Å²) in [5.74, 6) is 0. The highest BCUT2D eigenvalue weighted by Gasteiger charge is 2.50. The van der Waals surface area contributed by atoms with E-state index in [1.807, 2.05) is 18.2 Å². The van der Waals surface area contributed by atoms with Crippen LogP contribution in [-0.4, -0.2) is 18.7 Å². The Kier molecular flexibility index (Phi) is 3.11. The number of methoxy groups -OCH3 is 1. The van der Waals surface area contributed by atoms with Crippen molar-refractivity contribution in [3.63, 3.8) is 0 Å². The smallest absolute Gasteiger partial charge is 0.219 e. The Balaban J connectivity index is 2.12. The molecule has 4 heteroatoms. The van der Waals surface area contributed by atoms with E-state index >= 15 is 0 Å². The summed E-state index contributed by atoms with van der Waals surface area (Å²) in [5.41, 5.74) is 2.02. The fourth-order valence-electron chi connectivity index (χ4n) is 3.47. The van der Waals surface area contributed by atoms with Crippen molar-refractivity contribution < 1.29 is 19.6 Å². The second-order valence-corrected chi connectivity index (χ2v) is 5.09. The summed E-state index contributed by atoms with van der Waals surface area (Å²) in [5, 5.41) is 9.00. The third-order valence-electron chi connectivity index (χ3n) is 4.26. The van der Waals surface area contributed by atoms with Gasteiger partial charge in [0.05, 0.1) is 0 Å². The highest BCUT2D eigenvalue weighted by Crippen LogP contribution is 2.51. The van der Waals surface area contributed by atoms with Crippen LogP contribution in [0.25, 0.3) is 0 Å². The maximum Gasteiger partial charge on any atom is 0.219 e. The molecule has 1 saturated carbocycles. The molecule has 2 unspecified atom stereocenters. The molecular weight excluding hydrogens is 232 g/mol. The number of hydrogen-bond acceptors (Lipinski definition) is 4. The van der Waals surface area contributed by atoms with Crippen LogP contribution in [0, 0.1) is 0 Å². The molecule has 98 valence electrons. The van der Waals surface area contributed by atoms with Crippen molar-refractivity contribution in [2.45, 2.75) is 43.7 Å². The number of benzene rings is 1. The molecule has 1 aromatic carbocycles. The monoisotopic (exact) mass is 250 g/mol. The molecular formula is C14H18O4. The van der Waals surface area contributed by atoms with E-state index in [4.69, 9.17) is 14.7 Å². The molecule has 2 aliphatic rings. The Hall–Kier alpha value is -0.940. The van der Waals surface area contributed by atoms with Gasteiger partial charge in [-0.2, -0.15) is 0 Å². The molecule has 0 bridgehead atoms. The summed E-state index contributed by atoms with van der Waals surface area (Å²) in [7, 11) is 1.65. The summed E-state index contributed by atoms with van der Waals surface area (Å²) in [6, 6.07) is 8.00. The van der Waals surface area contributed by atoms with Gasteiger partial charge < -0.3 is 9.47 Å². The molecule has 0 aromatic heterocycles. The van der Waals surface area contributed by atoms with Crippen molar-refractivity contribution in [3.05, 3.63) is 35.4 Å². The topological polar surface area (TPSA) is 47.9 Å². The van der Waals surface area contributed by atoms with Crippen LogP contribution in [0.1, 0.15) is 43.1 Å². The zero-order valence-electron chi connectivity index (χ0n) is 10.5. The van der Waals surface area contributed by atoms with Crippen LogP contribution in [0.2, 0.25) is 0 Å². The van der Waals surface area contributed by atoms with Gasteiger partial charge in [0.25, 0.3) is 0 Å². The molecule has 0 radical (unpaired) electrons. The molecule has 0 saturated heterocycles. The van der Waals surface area contributed by atoms with E-state index in [-0.39, 0.29) is 11.7 Å². The van der Waals surface area contributed by atoms with Crippen molar-refractivity contribution in [1.29, 1.82) is 0 Å². The van der Waals surface area contributed by atoms with Crippen LogP contribution < -0.4 is 0 Å². The van der Waals surface area contributed by atoms with E-state index in [2.05, 4.69) is 11.0 Å². The van der Waals surface area contributed by atoms with Gasteiger partial charge >= 0.3 is 0 Å². The summed E-state index contributed by atoms with van der Waals surface area (Å²) < 4.78 is 11.3. The van der Waals surface area contributed by atoms with Crippen molar-refractivity contribution in [2.75, 3.05) is 7.11 Å². The normalized spacial score (nSPS) is 29.4. The van der Waals surface area contributed by atoms with E-state index in [1.165, 1.54) is 18.4 Å². The Morgan fingerprint density at radius 1 is 1.28 bits per heavy atom. The molecule has 1 aliphatic heterocycles. The second kappa shape index (κ2) is 4.63. The van der Waals surface area contributed by atoms with Gasteiger partial charge in [-0.05, 0) is 18.4 Å². The minimum absolute atomic E-state index is 0.0830. The molecule has 1 N–H and O–H groups in total. The van der Waals surface area contributed by atoms with Crippen molar-refractivity contribution >= 4 is 0 Å². The van der Waals surface area contributed by atoms with Gasteiger partial charge in [-0.1, -0.05) is 37.1 Å². The Bertz CT molecular complexity index is 426. The average molecular weight is 250 g/mol. The van der Waals surface area contributed by atoms with Gasteiger partial charge in [-0.25, -0.2) is 10.1 Å². The number of rotatable bonds is 2. The molecule has 18 heavy (non-hydrogen) atoms. The predicted molar refractivity (Wildman–Crippen MR) is 64.9 cm³/mol. The zero-order chi connectivity index (χ0) is 12.6. The first-order chi connectivity index (χ1) is 8.81.